The van der Waals surface area contributed by atoms with Crippen molar-refractivity contribution in [3.05, 3.63) is 0 Å². The highest BCUT2D eigenvalue weighted by molar-refractivity contribution is 7.88. The molecule has 6 nitrogen and oxygen atoms in total. The van der Waals surface area contributed by atoms with Crippen LogP contribution in [0.3, 0.4) is 0 Å². The van der Waals surface area contributed by atoms with Crippen LogP contribution in [0.25, 0.3) is 0 Å². The molecule has 0 spiro atoms. The van der Waals surface area contributed by atoms with E-state index >= 15 is 0 Å². The van der Waals surface area contributed by atoms with Crippen molar-refractivity contribution in [2.75, 3.05) is 6.54 Å². The molecule has 0 aliphatic heterocycles. The first kappa shape index (κ1) is 16.2. The Balaban J connectivity index is 4.33. The second-order valence-electron chi connectivity index (χ2n) is 5.99. The van der Waals surface area contributed by atoms with Crippen molar-refractivity contribution in [3.63, 3.8) is 0 Å². The van der Waals surface area contributed by atoms with Crippen LogP contribution in [0.1, 0.15) is 41.5 Å². The molecule has 0 bridgehead atoms. The number of carbonyl (C=O) groups is 1. The second-order valence-corrected chi connectivity index (χ2v) is 7.49. The van der Waals surface area contributed by atoms with E-state index in [1.807, 2.05) is 20.8 Å². The van der Waals surface area contributed by atoms with Crippen LogP contribution in [0, 0.1) is 5.41 Å². The molecule has 0 saturated carbocycles. The van der Waals surface area contributed by atoms with Gasteiger partial charge in [0.15, 0.2) is 0 Å². The van der Waals surface area contributed by atoms with Crippen molar-refractivity contribution in [2.45, 2.75) is 47.1 Å². The predicted molar refractivity (Wildman–Crippen MR) is 65.7 cm³/mol. The SMILES string of the molecule is CC(C)(C)CNS(=O)(=O)NC(=O)OC(C)(C)C. The third-order valence-corrected chi connectivity index (χ3v) is 2.37. The molecule has 1 amide bonds. The topological polar surface area (TPSA) is 84.5 Å². The number of ether oxygens (including phenoxy) is 1. The largest absolute Gasteiger partial charge is 0.443 e. The normalized spacial score (nSPS) is 13.3. The highest BCUT2D eigenvalue weighted by atomic mass is 32.2. The van der Waals surface area contributed by atoms with Crippen molar-refractivity contribution in [1.29, 1.82) is 0 Å². The first-order valence-corrected chi connectivity index (χ1v) is 6.79. The summed E-state index contributed by atoms with van der Waals surface area (Å²) in [6, 6.07) is 0. The maximum atomic E-state index is 11.5. The molecule has 0 rings (SSSR count). The number of amides is 1. The molecule has 0 saturated heterocycles. The number of hydrogen-bond donors (Lipinski definition) is 2. The Bertz CT molecular complexity index is 363. The van der Waals surface area contributed by atoms with Gasteiger partial charge in [0, 0.05) is 6.54 Å². The first-order chi connectivity index (χ1) is 7.31. The Labute approximate surface area is 103 Å². The van der Waals surface area contributed by atoms with Gasteiger partial charge in [0.05, 0.1) is 0 Å². The van der Waals surface area contributed by atoms with E-state index in [9.17, 15) is 13.2 Å². The zero-order chi connectivity index (χ0) is 13.9. The Morgan fingerprint density at radius 3 is 1.94 bits per heavy atom. The highest BCUT2D eigenvalue weighted by Gasteiger charge is 2.22. The number of rotatable bonds is 3. The van der Waals surface area contributed by atoms with Gasteiger partial charge in [-0.05, 0) is 26.2 Å². The molecule has 0 unspecified atom stereocenters. The summed E-state index contributed by atoms with van der Waals surface area (Å²) in [6.45, 7) is 10.8. The van der Waals surface area contributed by atoms with Crippen LogP contribution in [0.15, 0.2) is 0 Å². The fourth-order valence-electron chi connectivity index (χ4n) is 0.756. The molecular formula is C10H22N2O4S. The van der Waals surface area contributed by atoms with E-state index in [0.717, 1.165) is 0 Å². The van der Waals surface area contributed by atoms with Gasteiger partial charge < -0.3 is 4.74 Å². The molecule has 0 aromatic heterocycles. The van der Waals surface area contributed by atoms with Crippen LogP contribution in [0.4, 0.5) is 4.79 Å². The summed E-state index contributed by atoms with van der Waals surface area (Å²) in [7, 11) is -3.86. The molecule has 0 fully saturated rings. The van der Waals surface area contributed by atoms with Gasteiger partial charge in [0.1, 0.15) is 5.60 Å². The van der Waals surface area contributed by atoms with Crippen LogP contribution >= 0.6 is 0 Å². The third kappa shape index (κ3) is 10.1. The fraction of sp³-hybridized carbons (Fsp3) is 0.900. The zero-order valence-electron chi connectivity index (χ0n) is 11.2. The van der Waals surface area contributed by atoms with Crippen LogP contribution in [-0.2, 0) is 14.9 Å². The lowest BCUT2D eigenvalue weighted by molar-refractivity contribution is 0.0569. The van der Waals surface area contributed by atoms with E-state index < -0.39 is 21.9 Å². The number of nitrogens with one attached hydrogen (secondary N) is 2. The summed E-state index contributed by atoms with van der Waals surface area (Å²) < 4.78 is 31.8. The minimum absolute atomic E-state index is 0.206. The molecule has 0 heterocycles. The summed E-state index contributed by atoms with van der Waals surface area (Å²) in [5.41, 5.74) is -0.938. The molecule has 2 N–H and O–H groups in total. The quantitative estimate of drug-likeness (QED) is 0.808. The smallest absolute Gasteiger partial charge is 0.422 e. The van der Waals surface area contributed by atoms with Gasteiger partial charge in [-0.1, -0.05) is 20.8 Å². The maximum Gasteiger partial charge on any atom is 0.422 e. The van der Waals surface area contributed by atoms with Crippen LogP contribution in [-0.4, -0.2) is 26.7 Å². The average Bonchev–Trinajstić information content (AvgIpc) is 1.94. The van der Waals surface area contributed by atoms with Crippen LogP contribution in [0.2, 0.25) is 0 Å². The van der Waals surface area contributed by atoms with Crippen molar-refractivity contribution in [3.8, 4) is 0 Å². The highest BCUT2D eigenvalue weighted by Crippen LogP contribution is 2.11. The van der Waals surface area contributed by atoms with Crippen molar-refractivity contribution >= 4 is 16.3 Å². The third-order valence-electron chi connectivity index (χ3n) is 1.41. The second kappa shape index (κ2) is 5.22. The van der Waals surface area contributed by atoms with E-state index in [-0.39, 0.29) is 12.0 Å². The first-order valence-electron chi connectivity index (χ1n) is 5.31. The Hall–Kier alpha value is -0.820. The van der Waals surface area contributed by atoms with E-state index in [1.165, 1.54) is 0 Å². The van der Waals surface area contributed by atoms with Crippen molar-refractivity contribution in [1.82, 2.24) is 9.44 Å². The summed E-state index contributed by atoms with van der Waals surface area (Å²) in [5, 5.41) is 0. The molecular weight excluding hydrogens is 244 g/mol. The molecule has 0 aliphatic rings. The number of hydrogen-bond acceptors (Lipinski definition) is 4. The van der Waals surface area contributed by atoms with Crippen LogP contribution < -0.4 is 9.44 Å². The average molecular weight is 266 g/mol. The summed E-state index contributed by atoms with van der Waals surface area (Å²) in [6.07, 6.45) is -0.987. The molecule has 7 heteroatoms. The fourth-order valence-corrected chi connectivity index (χ4v) is 1.71. The minimum atomic E-state index is -3.86. The number of carbonyl (C=O) groups excluding carboxylic acids is 1. The summed E-state index contributed by atoms with van der Waals surface area (Å²) in [5.74, 6) is 0. The summed E-state index contributed by atoms with van der Waals surface area (Å²) >= 11 is 0. The molecule has 0 aromatic carbocycles. The Morgan fingerprint density at radius 1 is 1.12 bits per heavy atom. The molecule has 0 aromatic rings. The Morgan fingerprint density at radius 2 is 1.59 bits per heavy atom. The molecule has 0 atom stereocenters. The van der Waals surface area contributed by atoms with Gasteiger partial charge in [0.25, 0.3) is 0 Å². The lowest BCUT2D eigenvalue weighted by Crippen LogP contribution is -2.45. The minimum Gasteiger partial charge on any atom is -0.443 e. The van der Waals surface area contributed by atoms with Gasteiger partial charge in [-0.3, -0.25) is 0 Å². The monoisotopic (exact) mass is 266 g/mol. The van der Waals surface area contributed by atoms with Crippen molar-refractivity contribution < 1.29 is 17.9 Å². The van der Waals surface area contributed by atoms with Crippen LogP contribution in [0.5, 0.6) is 0 Å². The van der Waals surface area contributed by atoms with Gasteiger partial charge >= 0.3 is 16.3 Å². The molecule has 102 valence electrons. The van der Waals surface area contributed by atoms with E-state index in [0.29, 0.717) is 0 Å². The predicted octanol–water partition coefficient (Wildman–Crippen LogP) is 1.39. The lowest BCUT2D eigenvalue weighted by atomic mass is 9.98. The maximum absolute atomic E-state index is 11.5. The van der Waals surface area contributed by atoms with E-state index in [2.05, 4.69) is 4.72 Å². The van der Waals surface area contributed by atoms with Crippen molar-refractivity contribution in [2.24, 2.45) is 5.41 Å². The summed E-state index contributed by atoms with van der Waals surface area (Å²) in [4.78, 5) is 11.2. The molecule has 0 radical (unpaired) electrons. The van der Waals surface area contributed by atoms with E-state index in [1.54, 1.807) is 25.5 Å². The Kier molecular flexibility index (Phi) is 4.97. The lowest BCUT2D eigenvalue weighted by Gasteiger charge is -2.21. The van der Waals surface area contributed by atoms with Gasteiger partial charge in [0.2, 0.25) is 0 Å². The standard InChI is InChI=1S/C10H22N2O4S/c1-9(2,3)7-11-17(14,15)12-8(13)16-10(4,5)6/h11H,7H2,1-6H3,(H,12,13). The van der Waals surface area contributed by atoms with E-state index in [4.69, 9.17) is 4.74 Å². The zero-order valence-corrected chi connectivity index (χ0v) is 12.1. The van der Waals surface area contributed by atoms with Gasteiger partial charge in [-0.25, -0.2) is 9.52 Å². The molecule has 17 heavy (non-hydrogen) atoms. The molecule has 0 aliphatic carbocycles. The van der Waals surface area contributed by atoms with Gasteiger partial charge in [-0.15, -0.1) is 0 Å². The van der Waals surface area contributed by atoms with Gasteiger partial charge in [-0.2, -0.15) is 13.1 Å².